The first-order valence-electron chi connectivity index (χ1n) is 8.13. The van der Waals surface area contributed by atoms with Crippen LogP contribution in [0.1, 0.15) is 25.7 Å². The zero-order valence-corrected chi connectivity index (χ0v) is 14.5. The Morgan fingerprint density at radius 2 is 1.96 bits per heavy atom. The first-order chi connectivity index (χ1) is 11.1. The Bertz CT molecular complexity index is 641. The number of benzene rings is 1. The van der Waals surface area contributed by atoms with E-state index < -0.39 is 0 Å². The fraction of sp³-hybridized carbons (Fsp3) is 0.529. The highest BCUT2D eigenvalue weighted by Crippen LogP contribution is 2.25. The molecule has 6 heteroatoms. The first kappa shape index (κ1) is 16.5. The molecule has 1 aliphatic heterocycles. The van der Waals surface area contributed by atoms with Crippen molar-refractivity contribution in [1.29, 1.82) is 0 Å². The van der Waals surface area contributed by atoms with E-state index in [1.165, 1.54) is 44.4 Å². The summed E-state index contributed by atoms with van der Waals surface area (Å²) in [6.45, 7) is 1.22. The summed E-state index contributed by atoms with van der Waals surface area (Å²) in [6, 6.07) is 7.09. The molecular formula is C17H23FN4S. The van der Waals surface area contributed by atoms with Crippen molar-refractivity contribution in [2.45, 2.75) is 36.9 Å². The maximum atomic E-state index is 13.0. The van der Waals surface area contributed by atoms with Gasteiger partial charge in [0.2, 0.25) is 0 Å². The molecule has 2 aromatic rings. The van der Waals surface area contributed by atoms with Gasteiger partial charge in [-0.05, 0) is 57.1 Å². The molecule has 1 fully saturated rings. The van der Waals surface area contributed by atoms with E-state index in [2.05, 4.69) is 22.1 Å². The van der Waals surface area contributed by atoms with Gasteiger partial charge in [-0.15, -0.1) is 10.2 Å². The Kier molecular flexibility index (Phi) is 5.33. The molecule has 2 heterocycles. The second kappa shape index (κ2) is 7.45. The van der Waals surface area contributed by atoms with Crippen LogP contribution < -0.4 is 0 Å². The van der Waals surface area contributed by atoms with Gasteiger partial charge in [0.05, 0.1) is 0 Å². The molecule has 1 aromatic heterocycles. The van der Waals surface area contributed by atoms with Crippen molar-refractivity contribution in [3.05, 3.63) is 30.1 Å². The molecule has 4 nitrogen and oxygen atoms in total. The number of aromatic nitrogens is 3. The largest absolute Gasteiger partial charge is 0.305 e. The van der Waals surface area contributed by atoms with Gasteiger partial charge < -0.3 is 9.47 Å². The summed E-state index contributed by atoms with van der Waals surface area (Å²) in [7, 11) is 4.19. The Balaban J connectivity index is 1.60. The average molecular weight is 334 g/mol. The minimum absolute atomic E-state index is 0.234. The average Bonchev–Trinajstić information content (AvgIpc) is 2.91. The number of likely N-dealkylation sites (tertiary alicyclic amines) is 1. The lowest BCUT2D eigenvalue weighted by molar-refractivity contribution is 0.182. The zero-order chi connectivity index (χ0) is 16.2. The summed E-state index contributed by atoms with van der Waals surface area (Å²) < 4.78 is 15.0. The van der Waals surface area contributed by atoms with Crippen molar-refractivity contribution >= 4 is 11.8 Å². The van der Waals surface area contributed by atoms with Gasteiger partial charge in [0.15, 0.2) is 11.0 Å². The van der Waals surface area contributed by atoms with Crippen molar-refractivity contribution < 1.29 is 4.39 Å². The molecule has 0 saturated carbocycles. The first-order valence-corrected chi connectivity index (χ1v) is 9.12. The highest BCUT2D eigenvalue weighted by atomic mass is 32.2. The zero-order valence-electron chi connectivity index (χ0n) is 13.7. The fourth-order valence-electron chi connectivity index (χ4n) is 3.09. The molecule has 0 spiro atoms. The molecule has 23 heavy (non-hydrogen) atoms. The standard InChI is InChI=1S/C17H23FN4S/c1-21-11-4-3-5-15(21)10-12-23-17-20-19-16(22(17)2)13-6-8-14(18)9-7-13/h6-9,15H,3-5,10-12H2,1-2H3. The molecule has 124 valence electrons. The number of piperidine rings is 1. The quantitative estimate of drug-likeness (QED) is 0.783. The monoisotopic (exact) mass is 334 g/mol. The van der Waals surface area contributed by atoms with Crippen LogP contribution in [0.15, 0.2) is 29.4 Å². The molecule has 0 amide bonds. The molecule has 3 rings (SSSR count). The lowest BCUT2D eigenvalue weighted by atomic mass is 10.0. The summed E-state index contributed by atoms with van der Waals surface area (Å²) in [6.07, 6.45) is 5.15. The van der Waals surface area contributed by atoms with Gasteiger partial charge in [-0.2, -0.15) is 0 Å². The lowest BCUT2D eigenvalue weighted by Gasteiger charge is -2.32. The van der Waals surface area contributed by atoms with E-state index in [0.29, 0.717) is 6.04 Å². The molecule has 0 N–H and O–H groups in total. The number of halogens is 1. The summed E-state index contributed by atoms with van der Waals surface area (Å²) in [5.74, 6) is 1.59. The Hall–Kier alpha value is -1.40. The Morgan fingerprint density at radius 1 is 1.17 bits per heavy atom. The predicted octanol–water partition coefficient (Wildman–Crippen LogP) is 3.59. The van der Waals surface area contributed by atoms with Crippen molar-refractivity contribution in [3.63, 3.8) is 0 Å². The molecule has 0 bridgehead atoms. The molecule has 1 aromatic carbocycles. The number of rotatable bonds is 5. The second-order valence-electron chi connectivity index (χ2n) is 6.14. The van der Waals surface area contributed by atoms with E-state index in [4.69, 9.17) is 0 Å². The van der Waals surface area contributed by atoms with Crippen LogP contribution in [0.2, 0.25) is 0 Å². The van der Waals surface area contributed by atoms with Crippen LogP contribution in [0.4, 0.5) is 4.39 Å². The summed E-state index contributed by atoms with van der Waals surface area (Å²) in [5, 5.41) is 9.46. The molecule has 1 atom stereocenters. The second-order valence-corrected chi connectivity index (χ2v) is 7.20. The van der Waals surface area contributed by atoms with Crippen molar-refractivity contribution in [1.82, 2.24) is 19.7 Å². The van der Waals surface area contributed by atoms with Gasteiger partial charge >= 0.3 is 0 Å². The minimum Gasteiger partial charge on any atom is -0.305 e. The van der Waals surface area contributed by atoms with Gasteiger partial charge in [-0.25, -0.2) is 4.39 Å². The fourth-order valence-corrected chi connectivity index (χ4v) is 4.04. The third kappa shape index (κ3) is 3.93. The number of hydrogen-bond acceptors (Lipinski definition) is 4. The molecule has 0 aliphatic carbocycles. The summed E-state index contributed by atoms with van der Waals surface area (Å²) in [4.78, 5) is 2.48. The lowest BCUT2D eigenvalue weighted by Crippen LogP contribution is -2.36. The third-order valence-electron chi connectivity index (χ3n) is 4.54. The van der Waals surface area contributed by atoms with Crippen LogP contribution in [0, 0.1) is 5.82 Å². The van der Waals surface area contributed by atoms with Crippen LogP contribution in [0.5, 0.6) is 0 Å². The third-order valence-corrected chi connectivity index (χ3v) is 5.59. The highest BCUT2D eigenvalue weighted by molar-refractivity contribution is 7.99. The van der Waals surface area contributed by atoms with Crippen LogP contribution in [0.3, 0.4) is 0 Å². The van der Waals surface area contributed by atoms with Crippen LogP contribution in [0.25, 0.3) is 11.4 Å². The van der Waals surface area contributed by atoms with E-state index in [1.807, 2.05) is 11.6 Å². The molecule has 0 radical (unpaired) electrons. The van der Waals surface area contributed by atoms with Crippen LogP contribution in [-0.2, 0) is 7.05 Å². The predicted molar refractivity (Wildman–Crippen MR) is 92.0 cm³/mol. The highest BCUT2D eigenvalue weighted by Gasteiger charge is 2.19. The summed E-state index contributed by atoms with van der Waals surface area (Å²) >= 11 is 1.75. The number of hydrogen-bond donors (Lipinski definition) is 0. The Morgan fingerprint density at radius 3 is 2.70 bits per heavy atom. The van der Waals surface area contributed by atoms with Crippen LogP contribution >= 0.6 is 11.8 Å². The van der Waals surface area contributed by atoms with E-state index in [-0.39, 0.29) is 5.82 Å². The van der Waals surface area contributed by atoms with Gasteiger partial charge in [0, 0.05) is 24.4 Å². The smallest absolute Gasteiger partial charge is 0.191 e. The van der Waals surface area contributed by atoms with Crippen LogP contribution in [-0.4, -0.2) is 45.1 Å². The number of thioether (sulfide) groups is 1. The van der Waals surface area contributed by atoms with Crippen molar-refractivity contribution in [2.75, 3.05) is 19.3 Å². The summed E-state index contributed by atoms with van der Waals surface area (Å²) in [5.41, 5.74) is 0.889. The van der Waals surface area contributed by atoms with E-state index >= 15 is 0 Å². The normalized spacial score (nSPS) is 19.2. The van der Waals surface area contributed by atoms with Gasteiger partial charge in [-0.3, -0.25) is 0 Å². The van der Waals surface area contributed by atoms with Gasteiger partial charge in [0.1, 0.15) is 5.82 Å². The van der Waals surface area contributed by atoms with E-state index in [9.17, 15) is 4.39 Å². The SMILES string of the molecule is CN1CCCCC1CCSc1nnc(-c2ccc(F)cc2)n1C. The van der Waals surface area contributed by atoms with E-state index in [1.54, 1.807) is 23.9 Å². The molecule has 1 aliphatic rings. The topological polar surface area (TPSA) is 34.0 Å². The molecule has 1 saturated heterocycles. The van der Waals surface area contributed by atoms with Gasteiger partial charge in [0.25, 0.3) is 0 Å². The number of nitrogens with zero attached hydrogens (tertiary/aromatic N) is 4. The van der Waals surface area contributed by atoms with Crippen molar-refractivity contribution in [3.8, 4) is 11.4 Å². The molecule has 1 unspecified atom stereocenters. The van der Waals surface area contributed by atoms with Gasteiger partial charge in [-0.1, -0.05) is 18.2 Å². The van der Waals surface area contributed by atoms with Crippen molar-refractivity contribution in [2.24, 2.45) is 7.05 Å². The van der Waals surface area contributed by atoms with E-state index in [0.717, 1.165) is 22.3 Å². The maximum absolute atomic E-state index is 13.0. The maximum Gasteiger partial charge on any atom is 0.191 e. The minimum atomic E-state index is -0.234. The molecular weight excluding hydrogens is 311 g/mol. The Labute approximate surface area is 141 Å².